The highest BCUT2D eigenvalue weighted by molar-refractivity contribution is 5.78. The van der Waals surface area contributed by atoms with E-state index in [-0.39, 0.29) is 23.6 Å². The molecule has 0 saturated carbocycles. The Hall–Kier alpha value is -3.16. The second kappa shape index (κ2) is 8.98. The van der Waals surface area contributed by atoms with Crippen LogP contribution in [-0.2, 0) is 31.9 Å². The van der Waals surface area contributed by atoms with E-state index in [9.17, 15) is 14.4 Å². The number of hydrogen-bond acceptors (Lipinski definition) is 4. The van der Waals surface area contributed by atoms with Gasteiger partial charge in [-0.05, 0) is 18.9 Å². The van der Waals surface area contributed by atoms with Gasteiger partial charge in [0, 0.05) is 20.6 Å². The van der Waals surface area contributed by atoms with Gasteiger partial charge in [0.15, 0.2) is 11.2 Å². The summed E-state index contributed by atoms with van der Waals surface area (Å²) in [5.41, 5.74) is 1.03. The number of aryl methyl sites for hydroxylation is 2. The van der Waals surface area contributed by atoms with Gasteiger partial charge in [0.1, 0.15) is 6.54 Å². The predicted molar refractivity (Wildman–Crippen MR) is 105 cm³/mol. The maximum absolute atomic E-state index is 12.1. The second-order valence-corrected chi connectivity index (χ2v) is 6.04. The van der Waals surface area contributed by atoms with Crippen LogP contribution in [-0.4, -0.2) is 31.1 Å². The van der Waals surface area contributed by atoms with E-state index in [0.717, 1.165) is 11.0 Å². The Morgan fingerprint density at radius 1 is 1.07 bits per heavy atom. The van der Waals surface area contributed by atoms with Crippen LogP contribution in [0.2, 0.25) is 0 Å². The smallest absolute Gasteiger partial charge is 0.332 e. The summed E-state index contributed by atoms with van der Waals surface area (Å²) in [5.74, 6) is -0.210. The highest BCUT2D eigenvalue weighted by atomic mass is 16.2. The SMILES string of the molecule is CCNC(=O)Cn1cnc2c1c(=O)n(C)c(=O)n2C.CCc1ccccc1. The summed E-state index contributed by atoms with van der Waals surface area (Å²) in [6, 6.07) is 10.5. The van der Waals surface area contributed by atoms with Gasteiger partial charge in [-0.25, -0.2) is 9.78 Å². The molecule has 3 aromatic rings. The van der Waals surface area contributed by atoms with Crippen molar-refractivity contribution in [2.45, 2.75) is 26.8 Å². The molecule has 2 aromatic heterocycles. The first-order valence-corrected chi connectivity index (χ1v) is 8.82. The number of aromatic nitrogens is 4. The summed E-state index contributed by atoms with van der Waals surface area (Å²) in [6.07, 6.45) is 2.53. The van der Waals surface area contributed by atoms with Gasteiger partial charge in [0.25, 0.3) is 5.56 Å². The van der Waals surface area contributed by atoms with Crippen molar-refractivity contribution in [2.24, 2.45) is 14.1 Å². The van der Waals surface area contributed by atoms with Crippen LogP contribution in [0.5, 0.6) is 0 Å². The molecule has 0 fully saturated rings. The largest absolute Gasteiger partial charge is 0.355 e. The van der Waals surface area contributed by atoms with Gasteiger partial charge in [-0.3, -0.25) is 18.7 Å². The van der Waals surface area contributed by atoms with Crippen LogP contribution in [0.3, 0.4) is 0 Å². The average Bonchev–Trinajstić information content (AvgIpc) is 3.09. The lowest BCUT2D eigenvalue weighted by Crippen LogP contribution is -2.38. The van der Waals surface area contributed by atoms with Crippen molar-refractivity contribution in [3.05, 3.63) is 63.1 Å². The third-order valence-corrected chi connectivity index (χ3v) is 4.16. The normalized spacial score (nSPS) is 10.4. The summed E-state index contributed by atoms with van der Waals surface area (Å²) in [7, 11) is 2.93. The molecule has 1 N–H and O–H groups in total. The molecule has 0 bridgehead atoms. The molecule has 0 saturated heterocycles. The van der Waals surface area contributed by atoms with Crippen molar-refractivity contribution >= 4 is 17.1 Å². The molecule has 0 aliphatic heterocycles. The molecule has 8 nitrogen and oxygen atoms in total. The molecule has 8 heteroatoms. The minimum atomic E-state index is -0.458. The third kappa shape index (κ3) is 4.52. The molecule has 0 unspecified atom stereocenters. The lowest BCUT2D eigenvalue weighted by Gasteiger charge is -2.06. The first kappa shape index (κ1) is 20.2. The summed E-state index contributed by atoms with van der Waals surface area (Å²) in [4.78, 5) is 39.4. The zero-order valence-corrected chi connectivity index (χ0v) is 16.1. The number of amides is 1. The van der Waals surface area contributed by atoms with Gasteiger partial charge in [0.05, 0.1) is 6.33 Å². The summed E-state index contributed by atoms with van der Waals surface area (Å²) < 4.78 is 3.73. The number of rotatable bonds is 4. The number of hydrogen-bond donors (Lipinski definition) is 1. The van der Waals surface area contributed by atoms with E-state index >= 15 is 0 Å². The predicted octanol–water partition coefficient (Wildman–Crippen LogP) is 0.819. The van der Waals surface area contributed by atoms with Gasteiger partial charge >= 0.3 is 5.69 Å². The molecule has 3 rings (SSSR count). The van der Waals surface area contributed by atoms with Crippen molar-refractivity contribution < 1.29 is 4.79 Å². The fraction of sp³-hybridized carbons (Fsp3) is 0.368. The Kier molecular flexibility index (Phi) is 6.70. The van der Waals surface area contributed by atoms with Crippen LogP contribution in [0.25, 0.3) is 11.2 Å². The standard InChI is InChI=1S/C11H15N5O3.C8H10/c1-4-12-7(17)5-16-6-13-9-8(16)10(18)15(3)11(19)14(9)2;1-2-8-6-4-3-5-7-8/h6H,4-5H2,1-3H3,(H,12,17);3-7H,2H2,1H3. The molecule has 0 radical (unpaired) electrons. The van der Waals surface area contributed by atoms with E-state index in [0.29, 0.717) is 6.54 Å². The topological polar surface area (TPSA) is 90.9 Å². The lowest BCUT2D eigenvalue weighted by atomic mass is 10.2. The Morgan fingerprint density at radius 2 is 1.74 bits per heavy atom. The first-order chi connectivity index (χ1) is 12.9. The van der Waals surface area contributed by atoms with Crippen LogP contribution in [0.1, 0.15) is 19.4 Å². The van der Waals surface area contributed by atoms with E-state index < -0.39 is 11.2 Å². The number of carbonyl (C=O) groups is 1. The Bertz CT molecular complexity index is 1030. The molecule has 0 spiro atoms. The maximum atomic E-state index is 12.1. The van der Waals surface area contributed by atoms with E-state index in [2.05, 4.69) is 41.5 Å². The number of nitrogens with zero attached hydrogens (tertiary/aromatic N) is 4. The summed E-state index contributed by atoms with van der Waals surface area (Å²) in [6.45, 7) is 4.49. The van der Waals surface area contributed by atoms with Gasteiger partial charge in [-0.15, -0.1) is 0 Å². The van der Waals surface area contributed by atoms with Crippen LogP contribution in [0.4, 0.5) is 0 Å². The third-order valence-electron chi connectivity index (χ3n) is 4.16. The summed E-state index contributed by atoms with van der Waals surface area (Å²) in [5, 5.41) is 2.64. The monoisotopic (exact) mass is 371 g/mol. The van der Waals surface area contributed by atoms with Crippen molar-refractivity contribution in [3.8, 4) is 0 Å². The molecular formula is C19H25N5O3. The van der Waals surface area contributed by atoms with Crippen LogP contribution in [0.15, 0.2) is 46.2 Å². The molecule has 0 aliphatic carbocycles. The van der Waals surface area contributed by atoms with Crippen molar-refractivity contribution in [1.29, 1.82) is 0 Å². The van der Waals surface area contributed by atoms with E-state index in [1.807, 2.05) is 13.0 Å². The number of imidazole rings is 1. The van der Waals surface area contributed by atoms with Crippen molar-refractivity contribution in [3.63, 3.8) is 0 Å². The van der Waals surface area contributed by atoms with E-state index in [1.165, 1.54) is 35.1 Å². The molecule has 1 aromatic carbocycles. The van der Waals surface area contributed by atoms with Crippen molar-refractivity contribution in [2.75, 3.05) is 6.54 Å². The molecule has 2 heterocycles. The van der Waals surface area contributed by atoms with E-state index in [4.69, 9.17) is 0 Å². The van der Waals surface area contributed by atoms with Crippen LogP contribution >= 0.6 is 0 Å². The quantitative estimate of drug-likeness (QED) is 0.735. The van der Waals surface area contributed by atoms with Gasteiger partial charge in [-0.2, -0.15) is 0 Å². The van der Waals surface area contributed by atoms with Gasteiger partial charge in [0.2, 0.25) is 5.91 Å². The van der Waals surface area contributed by atoms with Gasteiger partial charge < -0.3 is 9.88 Å². The minimum absolute atomic E-state index is 0.00220. The van der Waals surface area contributed by atoms with Gasteiger partial charge in [-0.1, -0.05) is 37.3 Å². The minimum Gasteiger partial charge on any atom is -0.355 e. The van der Waals surface area contributed by atoms with Crippen LogP contribution in [0, 0.1) is 0 Å². The fourth-order valence-corrected chi connectivity index (χ4v) is 2.64. The molecule has 27 heavy (non-hydrogen) atoms. The molecule has 144 valence electrons. The number of nitrogens with one attached hydrogen (secondary N) is 1. The summed E-state index contributed by atoms with van der Waals surface area (Å²) >= 11 is 0. The van der Waals surface area contributed by atoms with E-state index in [1.54, 1.807) is 0 Å². The highest BCUT2D eigenvalue weighted by Crippen LogP contribution is 2.04. The molecule has 0 atom stereocenters. The molecular weight excluding hydrogens is 346 g/mol. The van der Waals surface area contributed by atoms with Crippen LogP contribution < -0.4 is 16.6 Å². The number of likely N-dealkylation sites (N-methyl/N-ethyl adjacent to an activating group) is 1. The number of benzene rings is 1. The zero-order valence-electron chi connectivity index (χ0n) is 16.1. The Morgan fingerprint density at radius 3 is 2.30 bits per heavy atom. The molecule has 0 aliphatic rings. The molecule has 1 amide bonds. The number of carbonyl (C=O) groups excluding carboxylic acids is 1. The first-order valence-electron chi connectivity index (χ1n) is 8.82. The Balaban J connectivity index is 0.000000273. The second-order valence-electron chi connectivity index (χ2n) is 6.04. The fourth-order valence-electron chi connectivity index (χ4n) is 2.64. The lowest BCUT2D eigenvalue weighted by molar-refractivity contribution is -0.121. The number of fused-ring (bicyclic) bond motifs is 1. The Labute approximate surface area is 157 Å². The van der Waals surface area contributed by atoms with Crippen molar-refractivity contribution in [1.82, 2.24) is 24.0 Å². The highest BCUT2D eigenvalue weighted by Gasteiger charge is 2.15. The average molecular weight is 371 g/mol. The zero-order chi connectivity index (χ0) is 20.0. The maximum Gasteiger partial charge on any atom is 0.332 e.